The number of hydrogen-bond acceptors (Lipinski definition) is 2. The van der Waals surface area contributed by atoms with Crippen molar-refractivity contribution in [3.8, 4) is 0 Å². The van der Waals surface area contributed by atoms with Crippen molar-refractivity contribution in [1.29, 1.82) is 0 Å². The molecule has 0 spiro atoms. The fourth-order valence-electron chi connectivity index (χ4n) is 1.84. The highest BCUT2D eigenvalue weighted by Crippen LogP contribution is 2.21. The van der Waals surface area contributed by atoms with Crippen molar-refractivity contribution in [2.24, 2.45) is 0 Å². The van der Waals surface area contributed by atoms with E-state index in [4.69, 9.17) is 16.7 Å². The van der Waals surface area contributed by atoms with E-state index < -0.39 is 5.97 Å². The molecule has 2 aromatic carbocycles. The molecule has 0 amide bonds. The zero-order valence-corrected chi connectivity index (χ0v) is 12.9. The van der Waals surface area contributed by atoms with E-state index in [9.17, 15) is 4.79 Å². The molecule has 0 radical (unpaired) electrons. The van der Waals surface area contributed by atoms with Gasteiger partial charge >= 0.3 is 5.97 Å². The molecule has 104 valence electrons. The molecule has 0 saturated heterocycles. The SMILES string of the molecule is O=C(O)c1ccc(Br)cc1NCCc1ccc(Cl)cc1. The third-order valence-corrected chi connectivity index (χ3v) is 3.60. The number of halogens is 2. The molecule has 0 fully saturated rings. The van der Waals surface area contributed by atoms with Crippen LogP contribution in [0.3, 0.4) is 0 Å². The summed E-state index contributed by atoms with van der Waals surface area (Å²) in [4.78, 5) is 11.1. The minimum absolute atomic E-state index is 0.268. The summed E-state index contributed by atoms with van der Waals surface area (Å²) in [6, 6.07) is 12.7. The van der Waals surface area contributed by atoms with E-state index in [2.05, 4.69) is 21.2 Å². The average Bonchev–Trinajstić information content (AvgIpc) is 2.41. The number of aromatic carboxylic acids is 1. The molecular weight excluding hydrogens is 342 g/mol. The molecular formula is C15H13BrClNO2. The lowest BCUT2D eigenvalue weighted by Gasteiger charge is -2.10. The summed E-state index contributed by atoms with van der Waals surface area (Å²) in [6.45, 7) is 0.651. The first-order chi connectivity index (χ1) is 9.56. The van der Waals surface area contributed by atoms with Crippen molar-refractivity contribution < 1.29 is 9.90 Å². The molecule has 3 nitrogen and oxygen atoms in total. The Labute approximate surface area is 130 Å². The summed E-state index contributed by atoms with van der Waals surface area (Å²) >= 11 is 9.17. The van der Waals surface area contributed by atoms with Crippen LogP contribution in [-0.2, 0) is 6.42 Å². The third kappa shape index (κ3) is 3.99. The molecule has 2 rings (SSSR count). The molecule has 0 bridgehead atoms. The lowest BCUT2D eigenvalue weighted by atomic mass is 10.1. The van der Waals surface area contributed by atoms with Crippen molar-refractivity contribution in [2.45, 2.75) is 6.42 Å². The van der Waals surface area contributed by atoms with E-state index in [-0.39, 0.29) is 5.56 Å². The van der Waals surface area contributed by atoms with Crippen LogP contribution in [0.5, 0.6) is 0 Å². The van der Waals surface area contributed by atoms with Gasteiger partial charge in [0.2, 0.25) is 0 Å². The first kappa shape index (κ1) is 14.9. The number of carboxylic acid groups (broad SMARTS) is 1. The predicted molar refractivity (Wildman–Crippen MR) is 84.7 cm³/mol. The number of anilines is 1. The van der Waals surface area contributed by atoms with Gasteiger partial charge in [-0.25, -0.2) is 4.79 Å². The predicted octanol–water partition coefficient (Wildman–Crippen LogP) is 4.46. The van der Waals surface area contributed by atoms with Gasteiger partial charge in [0.05, 0.1) is 5.56 Å². The Morgan fingerprint density at radius 1 is 1.20 bits per heavy atom. The Balaban J connectivity index is 2.02. The van der Waals surface area contributed by atoms with E-state index >= 15 is 0 Å². The van der Waals surface area contributed by atoms with Crippen molar-refractivity contribution in [3.05, 3.63) is 63.1 Å². The van der Waals surface area contributed by atoms with E-state index in [0.29, 0.717) is 17.3 Å². The number of rotatable bonds is 5. The van der Waals surface area contributed by atoms with Crippen LogP contribution >= 0.6 is 27.5 Å². The van der Waals surface area contributed by atoms with E-state index in [1.165, 1.54) is 0 Å². The molecule has 2 aromatic rings. The summed E-state index contributed by atoms with van der Waals surface area (Å²) < 4.78 is 0.844. The minimum Gasteiger partial charge on any atom is -0.478 e. The molecule has 0 saturated carbocycles. The second-order valence-electron chi connectivity index (χ2n) is 4.30. The Hall–Kier alpha value is -1.52. The maximum Gasteiger partial charge on any atom is 0.337 e. The monoisotopic (exact) mass is 353 g/mol. The van der Waals surface area contributed by atoms with Gasteiger partial charge < -0.3 is 10.4 Å². The summed E-state index contributed by atoms with van der Waals surface area (Å²) in [5, 5.41) is 13.0. The van der Waals surface area contributed by atoms with Gasteiger partial charge in [-0.3, -0.25) is 0 Å². The molecule has 0 heterocycles. The van der Waals surface area contributed by atoms with Gasteiger partial charge in [-0.15, -0.1) is 0 Å². The van der Waals surface area contributed by atoms with Crippen LogP contribution < -0.4 is 5.32 Å². The highest BCUT2D eigenvalue weighted by Gasteiger charge is 2.09. The van der Waals surface area contributed by atoms with Gasteiger partial charge in [0.25, 0.3) is 0 Å². The molecule has 0 unspecified atom stereocenters. The highest BCUT2D eigenvalue weighted by molar-refractivity contribution is 9.10. The fraction of sp³-hybridized carbons (Fsp3) is 0.133. The van der Waals surface area contributed by atoms with Crippen molar-refractivity contribution >= 4 is 39.2 Å². The largest absolute Gasteiger partial charge is 0.478 e. The topological polar surface area (TPSA) is 49.3 Å². The number of carbonyl (C=O) groups is 1. The Morgan fingerprint density at radius 3 is 2.55 bits per heavy atom. The molecule has 5 heteroatoms. The number of carboxylic acids is 1. The van der Waals surface area contributed by atoms with Crippen LogP contribution in [0.15, 0.2) is 46.9 Å². The number of nitrogens with one attached hydrogen (secondary N) is 1. The maximum atomic E-state index is 11.1. The third-order valence-electron chi connectivity index (χ3n) is 2.85. The molecule has 0 atom stereocenters. The van der Waals surface area contributed by atoms with Crippen LogP contribution in [0.4, 0.5) is 5.69 Å². The molecule has 0 aliphatic carbocycles. The summed E-state index contributed by atoms with van der Waals surface area (Å²) in [5.41, 5.74) is 2.03. The van der Waals surface area contributed by atoms with Crippen LogP contribution in [0.2, 0.25) is 5.02 Å². The van der Waals surface area contributed by atoms with Gasteiger partial charge in [0.1, 0.15) is 0 Å². The van der Waals surface area contributed by atoms with Gasteiger partial charge in [0.15, 0.2) is 0 Å². The van der Waals surface area contributed by atoms with Gasteiger partial charge in [-0.2, -0.15) is 0 Å². The second kappa shape index (κ2) is 6.77. The Kier molecular flexibility index (Phi) is 5.04. The van der Waals surface area contributed by atoms with Crippen LogP contribution in [0.1, 0.15) is 15.9 Å². The molecule has 0 aromatic heterocycles. The summed E-state index contributed by atoms with van der Waals surface area (Å²) in [7, 11) is 0. The lowest BCUT2D eigenvalue weighted by molar-refractivity contribution is 0.0698. The minimum atomic E-state index is -0.938. The zero-order valence-electron chi connectivity index (χ0n) is 10.6. The molecule has 20 heavy (non-hydrogen) atoms. The first-order valence-electron chi connectivity index (χ1n) is 6.07. The van der Waals surface area contributed by atoms with Crippen molar-refractivity contribution in [3.63, 3.8) is 0 Å². The smallest absolute Gasteiger partial charge is 0.337 e. The number of hydrogen-bond donors (Lipinski definition) is 2. The maximum absolute atomic E-state index is 11.1. The fourth-order valence-corrected chi connectivity index (χ4v) is 2.33. The van der Waals surface area contributed by atoms with Gasteiger partial charge in [-0.05, 0) is 42.3 Å². The van der Waals surface area contributed by atoms with Crippen LogP contribution in [0, 0.1) is 0 Å². The normalized spacial score (nSPS) is 10.3. The molecule has 2 N–H and O–H groups in total. The van der Waals surface area contributed by atoms with Gasteiger partial charge in [-0.1, -0.05) is 39.7 Å². The Morgan fingerprint density at radius 2 is 1.90 bits per heavy atom. The average molecular weight is 355 g/mol. The van der Waals surface area contributed by atoms with E-state index in [0.717, 1.165) is 16.5 Å². The Bertz CT molecular complexity index is 614. The summed E-state index contributed by atoms with van der Waals surface area (Å²) in [6.07, 6.45) is 0.794. The lowest BCUT2D eigenvalue weighted by Crippen LogP contribution is -2.09. The van der Waals surface area contributed by atoms with E-state index in [1.54, 1.807) is 18.2 Å². The summed E-state index contributed by atoms with van der Waals surface area (Å²) in [5.74, 6) is -0.938. The van der Waals surface area contributed by atoms with Crippen LogP contribution in [-0.4, -0.2) is 17.6 Å². The zero-order chi connectivity index (χ0) is 14.5. The first-order valence-corrected chi connectivity index (χ1v) is 7.24. The highest BCUT2D eigenvalue weighted by atomic mass is 79.9. The van der Waals surface area contributed by atoms with Crippen LogP contribution in [0.25, 0.3) is 0 Å². The standard InChI is InChI=1S/C15H13BrClNO2/c16-11-3-6-13(15(19)20)14(9-11)18-8-7-10-1-4-12(17)5-2-10/h1-6,9,18H,7-8H2,(H,19,20). The van der Waals surface area contributed by atoms with Gasteiger partial charge in [0, 0.05) is 21.7 Å². The second-order valence-corrected chi connectivity index (χ2v) is 5.65. The quantitative estimate of drug-likeness (QED) is 0.833. The van der Waals surface area contributed by atoms with Crippen molar-refractivity contribution in [2.75, 3.05) is 11.9 Å². The molecule has 0 aliphatic rings. The van der Waals surface area contributed by atoms with E-state index in [1.807, 2.05) is 24.3 Å². The molecule has 0 aliphatic heterocycles. The number of benzene rings is 2. The van der Waals surface area contributed by atoms with Crippen molar-refractivity contribution in [1.82, 2.24) is 0 Å².